The van der Waals surface area contributed by atoms with E-state index in [0.29, 0.717) is 5.56 Å². The average molecular weight is 276 g/mol. The molecule has 82 valence electrons. The quantitative estimate of drug-likeness (QED) is 0.667. The van der Waals surface area contributed by atoms with Crippen LogP contribution in [0, 0.1) is 12.7 Å². The summed E-state index contributed by atoms with van der Waals surface area (Å²) < 4.78 is 18.5. The summed E-state index contributed by atoms with van der Waals surface area (Å²) in [7, 11) is 0. The van der Waals surface area contributed by atoms with Crippen LogP contribution in [0.5, 0.6) is 0 Å². The van der Waals surface area contributed by atoms with Crippen molar-refractivity contribution in [1.82, 2.24) is 0 Å². The second kappa shape index (κ2) is 4.61. The van der Waals surface area contributed by atoms with Gasteiger partial charge in [-0.1, -0.05) is 0 Å². The number of hydrogen-bond acceptors (Lipinski definition) is 3. The van der Waals surface area contributed by atoms with Gasteiger partial charge in [-0.2, -0.15) is 0 Å². The lowest BCUT2D eigenvalue weighted by molar-refractivity contribution is 0.0527. The molecule has 1 aromatic rings. The van der Waals surface area contributed by atoms with Gasteiger partial charge in [0.15, 0.2) is 5.82 Å². The molecule has 2 N–H and O–H groups in total. The number of nitrogen functional groups attached to an aromatic ring is 1. The summed E-state index contributed by atoms with van der Waals surface area (Å²) in [6, 6.07) is 1.50. The Hall–Kier alpha value is -1.10. The average Bonchev–Trinajstić information content (AvgIpc) is 2.20. The Balaban J connectivity index is 3.26. The lowest BCUT2D eigenvalue weighted by Crippen LogP contribution is -2.10. The summed E-state index contributed by atoms with van der Waals surface area (Å²) in [6.07, 6.45) is 0. The summed E-state index contributed by atoms with van der Waals surface area (Å²) in [6.45, 7) is 3.58. The number of halogens is 2. The predicted molar refractivity (Wildman–Crippen MR) is 59.2 cm³/mol. The highest BCUT2D eigenvalue weighted by molar-refractivity contribution is 9.10. The zero-order valence-electron chi connectivity index (χ0n) is 8.43. The molecule has 0 aliphatic rings. The highest BCUT2D eigenvalue weighted by Gasteiger charge is 2.18. The van der Waals surface area contributed by atoms with E-state index in [1.807, 2.05) is 0 Å². The number of nitrogens with two attached hydrogens (primary N) is 1. The fourth-order valence-corrected chi connectivity index (χ4v) is 1.47. The zero-order valence-corrected chi connectivity index (χ0v) is 10.0. The van der Waals surface area contributed by atoms with Gasteiger partial charge in [-0.3, -0.25) is 0 Å². The minimum atomic E-state index is -0.627. The van der Waals surface area contributed by atoms with Crippen LogP contribution in [0.3, 0.4) is 0 Å². The van der Waals surface area contributed by atoms with Crippen molar-refractivity contribution in [2.24, 2.45) is 0 Å². The van der Waals surface area contributed by atoms with Crippen LogP contribution in [0.2, 0.25) is 0 Å². The first kappa shape index (κ1) is 12.0. The molecule has 3 nitrogen and oxygen atoms in total. The lowest BCUT2D eigenvalue weighted by Gasteiger charge is -2.09. The largest absolute Gasteiger partial charge is 0.462 e. The van der Waals surface area contributed by atoms with Gasteiger partial charge in [-0.25, -0.2) is 9.18 Å². The second-order valence-electron chi connectivity index (χ2n) is 3.00. The Morgan fingerprint density at radius 3 is 2.80 bits per heavy atom. The van der Waals surface area contributed by atoms with Crippen LogP contribution in [0.25, 0.3) is 0 Å². The number of carbonyl (C=O) groups excluding carboxylic acids is 1. The molecule has 1 rings (SSSR count). The number of benzene rings is 1. The normalized spacial score (nSPS) is 10.1. The third kappa shape index (κ3) is 2.28. The Kier molecular flexibility index (Phi) is 3.68. The number of aryl methyl sites for hydroxylation is 1. The van der Waals surface area contributed by atoms with Crippen LogP contribution >= 0.6 is 15.9 Å². The Labute approximate surface area is 95.5 Å². The van der Waals surface area contributed by atoms with Gasteiger partial charge in [0.25, 0.3) is 0 Å². The summed E-state index contributed by atoms with van der Waals surface area (Å²) in [5.41, 5.74) is 5.96. The first-order chi connectivity index (χ1) is 6.99. The standard InChI is InChI=1S/C10H11BrFNO2/c1-3-15-10(14)6-4-5(2)7(11)8(12)9(6)13/h4H,3,13H2,1-2H3. The molecule has 0 fully saturated rings. The summed E-state index contributed by atoms with van der Waals surface area (Å²) in [5, 5.41) is 0. The molecule has 5 heteroatoms. The molecule has 0 aliphatic carbocycles. The van der Waals surface area contributed by atoms with Crippen LogP contribution in [0.15, 0.2) is 10.5 Å². The molecule has 0 bridgehead atoms. The number of anilines is 1. The van der Waals surface area contributed by atoms with E-state index in [1.54, 1.807) is 13.8 Å². The molecule has 0 unspecified atom stereocenters. The number of esters is 1. The fourth-order valence-electron chi connectivity index (χ4n) is 1.14. The zero-order chi connectivity index (χ0) is 11.6. The maximum atomic E-state index is 13.5. The maximum absolute atomic E-state index is 13.5. The fraction of sp³-hybridized carbons (Fsp3) is 0.300. The van der Waals surface area contributed by atoms with Crippen molar-refractivity contribution in [3.63, 3.8) is 0 Å². The van der Waals surface area contributed by atoms with Crippen molar-refractivity contribution >= 4 is 27.6 Å². The van der Waals surface area contributed by atoms with Crippen molar-refractivity contribution in [2.75, 3.05) is 12.3 Å². The molecule has 0 atom stereocenters. The molecular formula is C10H11BrFNO2. The maximum Gasteiger partial charge on any atom is 0.340 e. The molecule has 0 aliphatic heterocycles. The summed E-state index contributed by atoms with van der Waals surface area (Å²) in [4.78, 5) is 11.4. The number of hydrogen-bond donors (Lipinski definition) is 1. The van der Waals surface area contributed by atoms with Gasteiger partial charge in [-0.15, -0.1) is 0 Å². The number of rotatable bonds is 2. The minimum absolute atomic E-state index is 0.0649. The molecule has 1 aromatic carbocycles. The van der Waals surface area contributed by atoms with Gasteiger partial charge in [0, 0.05) is 0 Å². The second-order valence-corrected chi connectivity index (χ2v) is 3.80. The molecule has 0 radical (unpaired) electrons. The third-order valence-electron chi connectivity index (χ3n) is 1.92. The van der Waals surface area contributed by atoms with Gasteiger partial charge < -0.3 is 10.5 Å². The van der Waals surface area contributed by atoms with Gasteiger partial charge in [0.05, 0.1) is 22.3 Å². The van der Waals surface area contributed by atoms with E-state index in [1.165, 1.54) is 6.07 Å². The van der Waals surface area contributed by atoms with Crippen molar-refractivity contribution in [3.8, 4) is 0 Å². The molecule has 0 aromatic heterocycles. The Morgan fingerprint density at radius 1 is 1.67 bits per heavy atom. The Bertz CT molecular complexity index is 407. The number of carbonyl (C=O) groups is 1. The van der Waals surface area contributed by atoms with E-state index < -0.39 is 11.8 Å². The van der Waals surface area contributed by atoms with Crippen LogP contribution in [-0.2, 0) is 4.74 Å². The van der Waals surface area contributed by atoms with Gasteiger partial charge in [-0.05, 0) is 41.4 Å². The van der Waals surface area contributed by atoms with E-state index in [9.17, 15) is 9.18 Å². The summed E-state index contributed by atoms with van der Waals surface area (Å²) in [5.74, 6) is -1.23. The van der Waals surface area contributed by atoms with E-state index in [2.05, 4.69) is 15.9 Å². The van der Waals surface area contributed by atoms with Crippen LogP contribution in [0.4, 0.5) is 10.1 Å². The molecule has 0 heterocycles. The van der Waals surface area contributed by atoms with Crippen LogP contribution < -0.4 is 5.73 Å². The van der Waals surface area contributed by atoms with Gasteiger partial charge in [0.1, 0.15) is 0 Å². The molecule has 0 amide bonds. The first-order valence-corrected chi connectivity index (χ1v) is 5.19. The van der Waals surface area contributed by atoms with E-state index in [4.69, 9.17) is 10.5 Å². The van der Waals surface area contributed by atoms with Crippen molar-refractivity contribution < 1.29 is 13.9 Å². The van der Waals surface area contributed by atoms with E-state index in [-0.39, 0.29) is 22.3 Å². The monoisotopic (exact) mass is 275 g/mol. The molecule has 0 saturated heterocycles. The van der Waals surface area contributed by atoms with Crippen LogP contribution in [-0.4, -0.2) is 12.6 Å². The van der Waals surface area contributed by atoms with Crippen molar-refractivity contribution in [2.45, 2.75) is 13.8 Å². The third-order valence-corrected chi connectivity index (χ3v) is 2.90. The van der Waals surface area contributed by atoms with Crippen LogP contribution in [0.1, 0.15) is 22.8 Å². The lowest BCUT2D eigenvalue weighted by atomic mass is 10.1. The van der Waals surface area contributed by atoms with Crippen molar-refractivity contribution in [3.05, 3.63) is 27.5 Å². The predicted octanol–water partition coefficient (Wildman–Crippen LogP) is 2.66. The molecular weight excluding hydrogens is 265 g/mol. The number of ether oxygens (including phenoxy) is 1. The molecule has 0 spiro atoms. The topological polar surface area (TPSA) is 52.3 Å². The summed E-state index contributed by atoms with van der Waals surface area (Å²) >= 11 is 3.05. The highest BCUT2D eigenvalue weighted by atomic mass is 79.9. The minimum Gasteiger partial charge on any atom is -0.462 e. The highest BCUT2D eigenvalue weighted by Crippen LogP contribution is 2.28. The van der Waals surface area contributed by atoms with Crippen molar-refractivity contribution in [1.29, 1.82) is 0 Å². The Morgan fingerprint density at radius 2 is 2.27 bits per heavy atom. The first-order valence-electron chi connectivity index (χ1n) is 4.40. The molecule has 15 heavy (non-hydrogen) atoms. The SMILES string of the molecule is CCOC(=O)c1cc(C)c(Br)c(F)c1N. The van der Waals surface area contributed by atoms with Gasteiger partial charge in [0.2, 0.25) is 0 Å². The van der Waals surface area contributed by atoms with E-state index in [0.717, 1.165) is 0 Å². The van der Waals surface area contributed by atoms with Gasteiger partial charge >= 0.3 is 5.97 Å². The smallest absolute Gasteiger partial charge is 0.340 e. The molecule has 0 saturated carbocycles. The van der Waals surface area contributed by atoms with E-state index >= 15 is 0 Å².